The second kappa shape index (κ2) is 7.33. The summed E-state index contributed by atoms with van der Waals surface area (Å²) in [6.07, 6.45) is 1.55. The van der Waals surface area contributed by atoms with Crippen LogP contribution in [0.3, 0.4) is 0 Å². The van der Waals surface area contributed by atoms with Gasteiger partial charge in [-0.2, -0.15) is 0 Å². The first kappa shape index (κ1) is 16.4. The van der Waals surface area contributed by atoms with E-state index in [4.69, 9.17) is 11.6 Å². The van der Waals surface area contributed by atoms with Crippen LogP contribution in [0, 0.1) is 5.82 Å². The predicted octanol–water partition coefficient (Wildman–Crippen LogP) is 3.59. The fourth-order valence-corrected chi connectivity index (χ4v) is 2.38. The van der Waals surface area contributed by atoms with Gasteiger partial charge in [-0.05, 0) is 30.8 Å². The van der Waals surface area contributed by atoms with Gasteiger partial charge in [-0.15, -0.1) is 0 Å². The monoisotopic (exact) mass is 322 g/mol. The maximum Gasteiger partial charge on any atom is 0.337 e. The van der Waals surface area contributed by atoms with Gasteiger partial charge in [0.1, 0.15) is 5.82 Å². The van der Waals surface area contributed by atoms with E-state index in [2.05, 4.69) is 4.98 Å². The first-order valence-corrected chi connectivity index (χ1v) is 7.23. The lowest BCUT2D eigenvalue weighted by Crippen LogP contribution is -2.25. The minimum absolute atomic E-state index is 0.153. The van der Waals surface area contributed by atoms with E-state index in [1.165, 1.54) is 12.1 Å². The lowest BCUT2D eigenvalue weighted by atomic mass is 10.1. The topological polar surface area (TPSA) is 53.4 Å². The maximum atomic E-state index is 13.9. The Balaban J connectivity index is 2.22. The number of aromatic nitrogens is 1. The zero-order valence-electron chi connectivity index (χ0n) is 12.1. The van der Waals surface area contributed by atoms with Crippen LogP contribution in [0.5, 0.6) is 0 Å². The number of carbonyl (C=O) groups is 1. The average molecular weight is 323 g/mol. The highest BCUT2D eigenvalue weighted by Gasteiger charge is 2.16. The maximum absolute atomic E-state index is 13.9. The molecule has 0 saturated heterocycles. The third-order valence-electron chi connectivity index (χ3n) is 3.38. The fourth-order valence-electron chi connectivity index (χ4n) is 2.16. The number of carboxylic acids is 1. The number of benzene rings is 1. The number of hydrogen-bond donors (Lipinski definition) is 1. The number of nitrogens with zero attached hydrogens (tertiary/aromatic N) is 2. The average Bonchev–Trinajstić information content (AvgIpc) is 2.50. The van der Waals surface area contributed by atoms with Gasteiger partial charge in [0.15, 0.2) is 0 Å². The molecule has 0 saturated carbocycles. The van der Waals surface area contributed by atoms with Gasteiger partial charge in [0.2, 0.25) is 0 Å². The smallest absolute Gasteiger partial charge is 0.337 e. The van der Waals surface area contributed by atoms with Gasteiger partial charge in [0, 0.05) is 29.9 Å². The van der Waals surface area contributed by atoms with Crippen LogP contribution < -0.4 is 0 Å². The lowest BCUT2D eigenvalue weighted by molar-refractivity contribution is 0.0693. The summed E-state index contributed by atoms with van der Waals surface area (Å²) in [5.74, 6) is -1.39. The third kappa shape index (κ3) is 3.81. The number of hydrogen-bond acceptors (Lipinski definition) is 3. The second-order valence-electron chi connectivity index (χ2n) is 4.81. The number of rotatable bonds is 6. The van der Waals surface area contributed by atoms with Gasteiger partial charge < -0.3 is 5.11 Å². The summed E-state index contributed by atoms with van der Waals surface area (Å²) in [5.41, 5.74) is 1.00. The summed E-state index contributed by atoms with van der Waals surface area (Å²) in [6, 6.07) is 7.64. The Hall–Kier alpha value is -1.98. The van der Waals surface area contributed by atoms with Gasteiger partial charge in [0.25, 0.3) is 0 Å². The highest BCUT2D eigenvalue weighted by Crippen LogP contribution is 2.21. The van der Waals surface area contributed by atoms with Crippen LogP contribution >= 0.6 is 11.6 Å². The molecule has 6 heteroatoms. The summed E-state index contributed by atoms with van der Waals surface area (Å²) in [4.78, 5) is 17.2. The molecular weight excluding hydrogens is 307 g/mol. The Bertz CT molecular complexity index is 659. The highest BCUT2D eigenvalue weighted by atomic mass is 35.5. The molecule has 0 amide bonds. The molecule has 1 N–H and O–H groups in total. The molecule has 1 aromatic heterocycles. The minimum Gasteiger partial charge on any atom is -0.478 e. The van der Waals surface area contributed by atoms with Crippen LogP contribution in [0.1, 0.15) is 28.5 Å². The molecule has 2 aromatic rings. The molecule has 0 aliphatic carbocycles. The van der Waals surface area contributed by atoms with Crippen LogP contribution in [-0.2, 0) is 13.1 Å². The van der Waals surface area contributed by atoms with Crippen molar-refractivity contribution >= 4 is 17.6 Å². The molecule has 2 rings (SSSR count). The minimum atomic E-state index is -1.02. The van der Waals surface area contributed by atoms with Crippen molar-refractivity contribution in [2.45, 2.75) is 20.0 Å². The Morgan fingerprint density at radius 3 is 2.73 bits per heavy atom. The number of halogens is 2. The quantitative estimate of drug-likeness (QED) is 0.883. The van der Waals surface area contributed by atoms with Crippen molar-refractivity contribution < 1.29 is 14.3 Å². The summed E-state index contributed by atoms with van der Waals surface area (Å²) < 4.78 is 13.9. The van der Waals surface area contributed by atoms with E-state index >= 15 is 0 Å². The predicted molar refractivity (Wildman–Crippen MR) is 82.4 cm³/mol. The van der Waals surface area contributed by atoms with Gasteiger partial charge in [-0.25, -0.2) is 9.18 Å². The molecular formula is C16H16ClFN2O2. The molecule has 0 aliphatic rings. The number of pyridine rings is 1. The molecule has 4 nitrogen and oxygen atoms in total. The molecule has 0 spiro atoms. The molecule has 1 aromatic carbocycles. The van der Waals surface area contributed by atoms with Crippen LogP contribution in [0.15, 0.2) is 36.5 Å². The summed E-state index contributed by atoms with van der Waals surface area (Å²) in [6.45, 7) is 3.12. The van der Waals surface area contributed by atoms with Gasteiger partial charge >= 0.3 is 5.97 Å². The van der Waals surface area contributed by atoms with E-state index in [0.717, 1.165) is 0 Å². The Labute approximate surface area is 133 Å². The highest BCUT2D eigenvalue weighted by molar-refractivity contribution is 6.31. The van der Waals surface area contributed by atoms with E-state index in [1.807, 2.05) is 11.8 Å². The van der Waals surface area contributed by atoms with Crippen molar-refractivity contribution in [3.8, 4) is 0 Å². The standard InChI is InChI=1S/C16H16ClFN2O2/c1-2-20(9-12-13(17)6-3-7-14(12)18)10-15-11(16(21)22)5-4-8-19-15/h3-8H,2,9-10H2,1H3,(H,21,22). The zero-order valence-corrected chi connectivity index (χ0v) is 12.8. The molecule has 0 fully saturated rings. The van der Waals surface area contributed by atoms with Crippen molar-refractivity contribution in [3.63, 3.8) is 0 Å². The molecule has 0 atom stereocenters. The first-order valence-electron chi connectivity index (χ1n) is 6.85. The van der Waals surface area contributed by atoms with E-state index in [1.54, 1.807) is 24.4 Å². The summed E-state index contributed by atoms with van der Waals surface area (Å²) in [5, 5.41) is 9.55. The summed E-state index contributed by atoms with van der Waals surface area (Å²) >= 11 is 6.04. The van der Waals surface area contributed by atoms with Crippen LogP contribution in [-0.4, -0.2) is 27.5 Å². The van der Waals surface area contributed by atoms with Crippen LogP contribution in [0.4, 0.5) is 4.39 Å². The Morgan fingerprint density at radius 1 is 1.32 bits per heavy atom. The molecule has 0 bridgehead atoms. The van der Waals surface area contributed by atoms with Crippen LogP contribution in [0.2, 0.25) is 5.02 Å². The Kier molecular flexibility index (Phi) is 5.46. The van der Waals surface area contributed by atoms with Crippen molar-refractivity contribution in [2.75, 3.05) is 6.54 Å². The number of carboxylic acid groups (broad SMARTS) is 1. The number of aromatic carboxylic acids is 1. The SMILES string of the molecule is CCN(Cc1ncccc1C(=O)O)Cc1c(F)cccc1Cl. The summed E-state index contributed by atoms with van der Waals surface area (Å²) in [7, 11) is 0. The van der Waals surface area contributed by atoms with E-state index < -0.39 is 5.97 Å². The fraction of sp³-hybridized carbons (Fsp3) is 0.250. The first-order chi connectivity index (χ1) is 10.5. The van der Waals surface area contributed by atoms with Crippen LogP contribution in [0.25, 0.3) is 0 Å². The van der Waals surface area contributed by atoms with Crippen molar-refractivity contribution in [2.24, 2.45) is 0 Å². The molecule has 0 aliphatic heterocycles. The van der Waals surface area contributed by atoms with E-state index in [9.17, 15) is 14.3 Å². The van der Waals surface area contributed by atoms with Gasteiger partial charge in [-0.1, -0.05) is 24.6 Å². The normalized spacial score (nSPS) is 10.9. The van der Waals surface area contributed by atoms with Gasteiger partial charge in [-0.3, -0.25) is 9.88 Å². The lowest BCUT2D eigenvalue weighted by Gasteiger charge is -2.21. The van der Waals surface area contributed by atoms with E-state index in [0.29, 0.717) is 29.4 Å². The third-order valence-corrected chi connectivity index (χ3v) is 3.74. The largest absolute Gasteiger partial charge is 0.478 e. The van der Waals surface area contributed by atoms with E-state index in [-0.39, 0.29) is 17.9 Å². The van der Waals surface area contributed by atoms with Gasteiger partial charge in [0.05, 0.1) is 11.3 Å². The molecule has 116 valence electrons. The molecule has 0 radical (unpaired) electrons. The molecule has 1 heterocycles. The molecule has 22 heavy (non-hydrogen) atoms. The molecule has 0 unspecified atom stereocenters. The van der Waals surface area contributed by atoms with Crippen molar-refractivity contribution in [1.29, 1.82) is 0 Å². The van der Waals surface area contributed by atoms with Crippen molar-refractivity contribution in [3.05, 3.63) is 64.2 Å². The second-order valence-corrected chi connectivity index (χ2v) is 5.21. The van der Waals surface area contributed by atoms with Crippen molar-refractivity contribution in [1.82, 2.24) is 9.88 Å². The Morgan fingerprint density at radius 2 is 2.09 bits per heavy atom. The zero-order chi connectivity index (χ0) is 16.1.